The first-order valence-corrected chi connectivity index (χ1v) is 15.5. The van der Waals surface area contributed by atoms with Gasteiger partial charge in [0.2, 0.25) is 0 Å². The minimum atomic E-state index is -0.667. The normalized spacial score (nSPS) is 10.2. The SMILES string of the molecule is C#Cc1c(N)cccc1NC(=O)c1cc(C(=O)Nc2cccc(N)c2SCCN=C(N)N)c(OCCN=C(N)N)cc1OCCN=C(N)N. The van der Waals surface area contributed by atoms with Gasteiger partial charge in [-0.05, 0) is 30.3 Å². The highest BCUT2D eigenvalue weighted by atomic mass is 32.2. The summed E-state index contributed by atoms with van der Waals surface area (Å²) >= 11 is 1.34. The smallest absolute Gasteiger partial charge is 0.259 e. The van der Waals surface area contributed by atoms with Crippen LogP contribution >= 0.6 is 11.8 Å². The van der Waals surface area contributed by atoms with E-state index in [4.69, 9.17) is 61.8 Å². The minimum absolute atomic E-state index is 0.0316. The maximum absolute atomic E-state index is 14.0. The summed E-state index contributed by atoms with van der Waals surface area (Å²) in [4.78, 5) is 40.1. The van der Waals surface area contributed by atoms with Crippen molar-refractivity contribution in [2.45, 2.75) is 4.90 Å². The summed E-state index contributed by atoms with van der Waals surface area (Å²) in [6, 6.07) is 12.6. The zero-order valence-corrected chi connectivity index (χ0v) is 27.3. The number of nitrogens with one attached hydrogen (secondary N) is 2. The van der Waals surface area contributed by atoms with Gasteiger partial charge in [-0.15, -0.1) is 18.2 Å². The van der Waals surface area contributed by atoms with Crippen LogP contribution in [0, 0.1) is 12.3 Å². The predicted molar refractivity (Wildman–Crippen MR) is 196 cm³/mol. The lowest BCUT2D eigenvalue weighted by Gasteiger charge is -2.18. The van der Waals surface area contributed by atoms with Gasteiger partial charge >= 0.3 is 0 Å². The molecule has 0 atom stereocenters. The molecule has 3 rings (SSSR count). The molecule has 0 aromatic heterocycles. The molecule has 17 nitrogen and oxygen atoms in total. The number of carbonyl (C=O) groups excluding carboxylic acids is 2. The average Bonchev–Trinajstić information content (AvgIpc) is 3.04. The number of aliphatic imine (C=N–C) groups is 3. The van der Waals surface area contributed by atoms with Crippen molar-refractivity contribution in [3.8, 4) is 23.8 Å². The molecule has 0 aliphatic carbocycles. The number of benzene rings is 3. The third-order valence-corrected chi connectivity index (χ3v) is 7.40. The van der Waals surface area contributed by atoms with Crippen molar-refractivity contribution < 1.29 is 19.1 Å². The van der Waals surface area contributed by atoms with Gasteiger partial charge in [-0.2, -0.15) is 0 Å². The fourth-order valence-corrected chi connectivity index (χ4v) is 5.06. The Balaban J connectivity index is 2.08. The number of nitrogen functional groups attached to an aromatic ring is 2. The quantitative estimate of drug-likeness (QED) is 0.0237. The van der Waals surface area contributed by atoms with Crippen molar-refractivity contribution in [1.82, 2.24) is 0 Å². The first kappa shape index (κ1) is 37.0. The second-order valence-electron chi connectivity index (χ2n) is 9.86. The maximum Gasteiger partial charge on any atom is 0.259 e. The third-order valence-electron chi connectivity index (χ3n) is 6.27. The van der Waals surface area contributed by atoms with Gasteiger partial charge in [-0.1, -0.05) is 18.1 Å². The summed E-state index contributed by atoms with van der Waals surface area (Å²) < 4.78 is 11.8. The zero-order valence-electron chi connectivity index (χ0n) is 26.4. The molecule has 0 saturated carbocycles. The predicted octanol–water partition coefficient (Wildman–Crippen LogP) is 0.00680. The van der Waals surface area contributed by atoms with Crippen LogP contribution in [0.3, 0.4) is 0 Å². The number of anilines is 4. The first-order chi connectivity index (χ1) is 23.4. The monoisotopic (exact) mass is 689 g/mol. The van der Waals surface area contributed by atoms with E-state index in [0.29, 0.717) is 28.6 Å². The molecule has 2 amide bonds. The number of amides is 2. The summed E-state index contributed by atoms with van der Waals surface area (Å²) in [5, 5.41) is 5.60. The second kappa shape index (κ2) is 18.0. The molecule has 18 N–H and O–H groups in total. The van der Waals surface area contributed by atoms with Gasteiger partial charge in [0.25, 0.3) is 11.8 Å². The fourth-order valence-electron chi connectivity index (χ4n) is 4.17. The molecule has 49 heavy (non-hydrogen) atoms. The summed E-state index contributed by atoms with van der Waals surface area (Å²) in [5.74, 6) is 1.40. The molecule has 0 bridgehead atoms. The summed E-state index contributed by atoms with van der Waals surface area (Å²) in [6.07, 6.45) is 5.65. The summed E-state index contributed by atoms with van der Waals surface area (Å²) in [5.41, 5.74) is 46.4. The highest BCUT2D eigenvalue weighted by Gasteiger charge is 2.24. The van der Waals surface area contributed by atoms with Gasteiger partial charge in [-0.25, -0.2) is 0 Å². The Labute approximate surface area is 286 Å². The van der Waals surface area contributed by atoms with Gasteiger partial charge in [0.15, 0.2) is 17.9 Å². The summed E-state index contributed by atoms with van der Waals surface area (Å²) in [7, 11) is 0. The number of hydrogen-bond acceptors (Lipinski definition) is 10. The Hall–Kier alpha value is -6.48. The number of terminal acetylenes is 1. The molecule has 3 aromatic carbocycles. The highest BCUT2D eigenvalue weighted by molar-refractivity contribution is 7.99. The van der Waals surface area contributed by atoms with Crippen molar-refractivity contribution >= 4 is 64.2 Å². The maximum atomic E-state index is 14.0. The van der Waals surface area contributed by atoms with Crippen molar-refractivity contribution in [3.05, 3.63) is 65.2 Å². The van der Waals surface area contributed by atoms with E-state index in [-0.39, 0.29) is 83.7 Å². The molecule has 0 heterocycles. The molecule has 0 saturated heterocycles. The number of ether oxygens (including phenoxy) is 2. The molecule has 0 aliphatic heterocycles. The van der Waals surface area contributed by atoms with Crippen LogP contribution in [-0.4, -0.2) is 68.3 Å². The Kier molecular flexibility index (Phi) is 13.6. The van der Waals surface area contributed by atoms with E-state index in [2.05, 4.69) is 31.5 Å². The van der Waals surface area contributed by atoms with Crippen LogP contribution in [0.15, 0.2) is 68.4 Å². The van der Waals surface area contributed by atoms with Crippen LogP contribution in [0.1, 0.15) is 26.3 Å². The minimum Gasteiger partial charge on any atom is -0.491 e. The lowest BCUT2D eigenvalue weighted by atomic mass is 10.1. The molecule has 0 radical (unpaired) electrons. The van der Waals surface area contributed by atoms with E-state index in [1.54, 1.807) is 36.4 Å². The lowest BCUT2D eigenvalue weighted by molar-refractivity contribution is 0.102. The van der Waals surface area contributed by atoms with Crippen LogP contribution in [0.4, 0.5) is 22.7 Å². The van der Waals surface area contributed by atoms with Crippen molar-refractivity contribution in [1.29, 1.82) is 0 Å². The molecular formula is C31H39N13O4S. The Morgan fingerprint density at radius 2 is 1.20 bits per heavy atom. The molecule has 18 heteroatoms. The van der Waals surface area contributed by atoms with E-state index in [1.165, 1.54) is 23.9 Å². The van der Waals surface area contributed by atoms with Crippen LogP contribution in [0.2, 0.25) is 0 Å². The van der Waals surface area contributed by atoms with Crippen molar-refractivity contribution in [2.24, 2.45) is 49.4 Å². The van der Waals surface area contributed by atoms with Gasteiger partial charge < -0.3 is 66.0 Å². The lowest BCUT2D eigenvalue weighted by Crippen LogP contribution is -2.24. The van der Waals surface area contributed by atoms with Gasteiger partial charge in [0.05, 0.1) is 52.6 Å². The molecular weight excluding hydrogens is 650 g/mol. The van der Waals surface area contributed by atoms with Gasteiger partial charge in [-0.3, -0.25) is 24.6 Å². The first-order valence-electron chi connectivity index (χ1n) is 14.5. The number of guanidine groups is 3. The Morgan fingerprint density at radius 1 is 0.714 bits per heavy atom. The van der Waals surface area contributed by atoms with E-state index < -0.39 is 11.8 Å². The number of thioether (sulfide) groups is 1. The number of hydrogen-bond donors (Lipinski definition) is 10. The molecule has 258 valence electrons. The fraction of sp³-hybridized carbons (Fsp3) is 0.194. The number of nitrogens with two attached hydrogens (primary N) is 8. The van der Waals surface area contributed by atoms with Crippen LogP contribution in [0.5, 0.6) is 11.5 Å². The molecule has 0 unspecified atom stereocenters. The zero-order chi connectivity index (χ0) is 35.9. The van der Waals surface area contributed by atoms with E-state index in [9.17, 15) is 9.59 Å². The van der Waals surface area contributed by atoms with Crippen LogP contribution in [0.25, 0.3) is 0 Å². The van der Waals surface area contributed by atoms with Crippen molar-refractivity contribution in [2.75, 3.05) is 60.7 Å². The average molecular weight is 690 g/mol. The van der Waals surface area contributed by atoms with Crippen LogP contribution in [-0.2, 0) is 0 Å². The van der Waals surface area contributed by atoms with E-state index in [1.807, 2.05) is 0 Å². The van der Waals surface area contributed by atoms with Crippen LogP contribution < -0.4 is 66.0 Å². The molecule has 0 spiro atoms. The Bertz CT molecular complexity index is 1790. The highest BCUT2D eigenvalue weighted by Crippen LogP contribution is 2.35. The van der Waals surface area contributed by atoms with E-state index >= 15 is 0 Å². The molecule has 0 fully saturated rings. The molecule has 0 aliphatic rings. The molecule has 3 aromatic rings. The standard InChI is InChI=1S/C31H39N13O4S/c1-2-17-20(32)5-3-7-22(17)43-27(45)18-15-19(25(48-13-10-41-30(36)37)16-24(18)47-12-9-40-29(34)35)28(46)44-23-8-4-6-21(33)26(23)49-14-11-42-31(38)39/h1,3-8,15-16H,9-14,32-33H2,(H,43,45)(H,44,46)(H4,34,35,40)(H4,36,37,41)(H4,38,39,42). The largest absolute Gasteiger partial charge is 0.491 e. The van der Waals surface area contributed by atoms with Gasteiger partial charge in [0.1, 0.15) is 24.7 Å². The van der Waals surface area contributed by atoms with E-state index in [0.717, 1.165) is 0 Å². The topological polar surface area (TPSA) is 322 Å². The van der Waals surface area contributed by atoms with Gasteiger partial charge in [0, 0.05) is 23.2 Å². The number of carbonyl (C=O) groups is 2. The number of nitrogens with zero attached hydrogens (tertiary/aromatic N) is 3. The van der Waals surface area contributed by atoms with Crippen molar-refractivity contribution in [3.63, 3.8) is 0 Å². The second-order valence-corrected chi connectivity index (χ2v) is 11.0. The number of rotatable bonds is 16. The third kappa shape index (κ3) is 11.1. The Morgan fingerprint density at radius 3 is 1.73 bits per heavy atom. The summed E-state index contributed by atoms with van der Waals surface area (Å²) in [6.45, 7) is 0.398.